The Labute approximate surface area is 121 Å². The third-order valence-electron chi connectivity index (χ3n) is 2.86. The van der Waals surface area contributed by atoms with Gasteiger partial charge in [-0.05, 0) is 25.5 Å². The summed E-state index contributed by atoms with van der Waals surface area (Å²) < 4.78 is 0. The summed E-state index contributed by atoms with van der Waals surface area (Å²) >= 11 is 13.9. The van der Waals surface area contributed by atoms with Crippen LogP contribution in [0.2, 0.25) is 10.0 Å². The van der Waals surface area contributed by atoms with Gasteiger partial charge in [-0.1, -0.05) is 35.3 Å². The van der Waals surface area contributed by atoms with Crippen LogP contribution in [0.4, 0.5) is 0 Å². The molecule has 0 aliphatic rings. The highest BCUT2D eigenvalue weighted by molar-refractivity contribution is 7.09. The molecule has 0 aliphatic heterocycles. The number of aryl methyl sites for hydroxylation is 1. The Kier molecular flexibility index (Phi) is 4.62. The van der Waals surface area contributed by atoms with Crippen molar-refractivity contribution >= 4 is 34.5 Å². The Bertz CT molecular complexity index is 540. The highest BCUT2D eigenvalue weighted by atomic mass is 35.5. The fourth-order valence-electron chi connectivity index (χ4n) is 1.71. The molecule has 0 fully saturated rings. The van der Waals surface area contributed by atoms with E-state index in [0.29, 0.717) is 10.0 Å². The molecular formula is C13H14Cl2N2S. The third kappa shape index (κ3) is 3.04. The molecule has 0 saturated heterocycles. The van der Waals surface area contributed by atoms with Gasteiger partial charge in [-0.15, -0.1) is 11.3 Å². The van der Waals surface area contributed by atoms with Crippen molar-refractivity contribution in [1.29, 1.82) is 0 Å². The van der Waals surface area contributed by atoms with Crippen molar-refractivity contribution in [2.24, 2.45) is 0 Å². The maximum Gasteiger partial charge on any atom is 0.0798 e. The SMILES string of the molecule is Cc1ncsc1CNC(C)c1cccc(Cl)c1Cl. The van der Waals surface area contributed by atoms with E-state index in [4.69, 9.17) is 23.2 Å². The molecule has 1 aromatic heterocycles. The molecule has 1 atom stereocenters. The van der Waals surface area contributed by atoms with Gasteiger partial charge >= 0.3 is 0 Å². The number of hydrogen-bond acceptors (Lipinski definition) is 3. The van der Waals surface area contributed by atoms with Crippen LogP contribution >= 0.6 is 34.5 Å². The Balaban J connectivity index is 2.06. The number of aromatic nitrogens is 1. The van der Waals surface area contributed by atoms with Crippen LogP contribution in [0.3, 0.4) is 0 Å². The van der Waals surface area contributed by atoms with Crippen LogP contribution in [0.25, 0.3) is 0 Å². The summed E-state index contributed by atoms with van der Waals surface area (Å²) in [6.45, 7) is 4.89. The first kappa shape index (κ1) is 13.8. The minimum absolute atomic E-state index is 0.151. The van der Waals surface area contributed by atoms with E-state index < -0.39 is 0 Å². The summed E-state index contributed by atoms with van der Waals surface area (Å²) in [6, 6.07) is 5.86. The zero-order valence-electron chi connectivity index (χ0n) is 10.2. The van der Waals surface area contributed by atoms with Crippen LogP contribution < -0.4 is 5.32 Å². The predicted octanol–water partition coefficient (Wildman–Crippen LogP) is 4.61. The van der Waals surface area contributed by atoms with Crippen LogP contribution in [0.1, 0.15) is 29.1 Å². The van der Waals surface area contributed by atoms with Gasteiger partial charge in [0, 0.05) is 17.5 Å². The molecule has 96 valence electrons. The van der Waals surface area contributed by atoms with Gasteiger partial charge in [0.1, 0.15) is 0 Å². The summed E-state index contributed by atoms with van der Waals surface area (Å²) in [4.78, 5) is 5.48. The lowest BCUT2D eigenvalue weighted by Gasteiger charge is -2.16. The lowest BCUT2D eigenvalue weighted by molar-refractivity contribution is 0.577. The molecule has 2 aromatic rings. The summed E-state index contributed by atoms with van der Waals surface area (Å²) in [7, 11) is 0. The van der Waals surface area contributed by atoms with E-state index in [9.17, 15) is 0 Å². The summed E-state index contributed by atoms with van der Waals surface area (Å²) in [5.41, 5.74) is 3.96. The zero-order valence-corrected chi connectivity index (χ0v) is 12.5. The Morgan fingerprint density at radius 2 is 2.17 bits per heavy atom. The highest BCUT2D eigenvalue weighted by Crippen LogP contribution is 2.30. The average molecular weight is 301 g/mol. The number of thiazole rings is 1. The molecule has 0 aliphatic carbocycles. The van der Waals surface area contributed by atoms with Crippen LogP contribution in [0.15, 0.2) is 23.7 Å². The maximum atomic E-state index is 6.20. The van der Waals surface area contributed by atoms with Gasteiger partial charge in [-0.3, -0.25) is 0 Å². The van der Waals surface area contributed by atoms with E-state index in [1.807, 2.05) is 24.6 Å². The largest absolute Gasteiger partial charge is 0.305 e. The number of benzene rings is 1. The predicted molar refractivity (Wildman–Crippen MR) is 78.6 cm³/mol. The number of nitrogens with zero attached hydrogens (tertiary/aromatic N) is 1. The second-order valence-electron chi connectivity index (χ2n) is 4.11. The lowest BCUT2D eigenvalue weighted by atomic mass is 10.1. The number of hydrogen-bond donors (Lipinski definition) is 1. The zero-order chi connectivity index (χ0) is 13.1. The van der Waals surface area contributed by atoms with Gasteiger partial charge in [0.15, 0.2) is 0 Å². The minimum Gasteiger partial charge on any atom is -0.305 e. The Hall–Kier alpha value is -0.610. The number of rotatable bonds is 4. The van der Waals surface area contributed by atoms with Crippen molar-refractivity contribution in [3.8, 4) is 0 Å². The van der Waals surface area contributed by atoms with E-state index in [0.717, 1.165) is 17.8 Å². The summed E-state index contributed by atoms with van der Waals surface area (Å²) in [5, 5.41) is 4.66. The smallest absolute Gasteiger partial charge is 0.0798 e. The number of nitrogens with one attached hydrogen (secondary N) is 1. The van der Waals surface area contributed by atoms with Crippen LogP contribution in [-0.2, 0) is 6.54 Å². The van der Waals surface area contributed by atoms with Crippen LogP contribution in [0, 0.1) is 6.92 Å². The molecule has 1 N–H and O–H groups in total. The molecule has 18 heavy (non-hydrogen) atoms. The maximum absolute atomic E-state index is 6.20. The van der Waals surface area contributed by atoms with Crippen molar-refractivity contribution in [1.82, 2.24) is 10.3 Å². The molecule has 0 saturated carbocycles. The van der Waals surface area contributed by atoms with Crippen molar-refractivity contribution < 1.29 is 0 Å². The van der Waals surface area contributed by atoms with Crippen LogP contribution in [0.5, 0.6) is 0 Å². The highest BCUT2D eigenvalue weighted by Gasteiger charge is 2.12. The van der Waals surface area contributed by atoms with E-state index in [2.05, 4.69) is 17.2 Å². The molecule has 1 unspecified atom stereocenters. The fourth-order valence-corrected chi connectivity index (χ4v) is 2.91. The molecule has 0 spiro atoms. The Morgan fingerprint density at radius 1 is 1.39 bits per heavy atom. The molecule has 0 bridgehead atoms. The van der Waals surface area contributed by atoms with Gasteiger partial charge in [0.2, 0.25) is 0 Å². The van der Waals surface area contributed by atoms with E-state index in [1.54, 1.807) is 17.4 Å². The minimum atomic E-state index is 0.151. The van der Waals surface area contributed by atoms with Crippen molar-refractivity contribution in [2.45, 2.75) is 26.4 Å². The van der Waals surface area contributed by atoms with Crippen molar-refractivity contribution in [3.63, 3.8) is 0 Å². The third-order valence-corrected chi connectivity index (χ3v) is 4.63. The second-order valence-corrected chi connectivity index (χ2v) is 5.83. The van der Waals surface area contributed by atoms with Crippen molar-refractivity contribution in [3.05, 3.63) is 49.9 Å². The molecule has 1 aromatic carbocycles. The molecule has 5 heteroatoms. The summed E-state index contributed by atoms with van der Waals surface area (Å²) in [6.07, 6.45) is 0. The van der Waals surface area contributed by atoms with E-state index in [1.165, 1.54) is 4.88 Å². The lowest BCUT2D eigenvalue weighted by Crippen LogP contribution is -2.18. The topological polar surface area (TPSA) is 24.9 Å². The Morgan fingerprint density at radius 3 is 2.83 bits per heavy atom. The van der Waals surface area contributed by atoms with E-state index >= 15 is 0 Å². The fraction of sp³-hybridized carbons (Fsp3) is 0.308. The molecule has 2 rings (SSSR count). The van der Waals surface area contributed by atoms with Crippen molar-refractivity contribution in [2.75, 3.05) is 0 Å². The monoisotopic (exact) mass is 300 g/mol. The second kappa shape index (κ2) is 6.02. The van der Waals surface area contributed by atoms with Crippen LogP contribution in [-0.4, -0.2) is 4.98 Å². The van der Waals surface area contributed by atoms with Gasteiger partial charge in [0.25, 0.3) is 0 Å². The average Bonchev–Trinajstić information content (AvgIpc) is 2.75. The first-order chi connectivity index (χ1) is 8.59. The first-order valence-electron chi connectivity index (χ1n) is 5.66. The molecule has 2 nitrogen and oxygen atoms in total. The standard InChI is InChI=1S/C13H14Cl2N2S/c1-8(10-4-3-5-11(14)13(10)15)16-6-12-9(2)17-7-18-12/h3-5,7-8,16H,6H2,1-2H3. The molecule has 0 radical (unpaired) electrons. The molecule has 1 heterocycles. The summed E-state index contributed by atoms with van der Waals surface area (Å²) in [5.74, 6) is 0. The first-order valence-corrected chi connectivity index (χ1v) is 7.29. The molecular weight excluding hydrogens is 287 g/mol. The van der Waals surface area contributed by atoms with Gasteiger partial charge < -0.3 is 5.32 Å². The van der Waals surface area contributed by atoms with Gasteiger partial charge in [-0.25, -0.2) is 4.98 Å². The van der Waals surface area contributed by atoms with Gasteiger partial charge in [0.05, 0.1) is 21.2 Å². The van der Waals surface area contributed by atoms with Gasteiger partial charge in [-0.2, -0.15) is 0 Å². The quantitative estimate of drug-likeness (QED) is 0.892. The van der Waals surface area contributed by atoms with E-state index in [-0.39, 0.29) is 6.04 Å². The number of halogens is 2. The normalized spacial score (nSPS) is 12.7. The molecule has 0 amide bonds.